The number of rotatable bonds is 1. The Morgan fingerprint density at radius 1 is 1.13 bits per heavy atom. The molecule has 15 heavy (non-hydrogen) atoms. The van der Waals surface area contributed by atoms with E-state index in [4.69, 9.17) is 9.47 Å². The van der Waals surface area contributed by atoms with E-state index < -0.39 is 18.2 Å². The number of hydrogen-bond donors (Lipinski definition) is 0. The first-order valence-electron chi connectivity index (χ1n) is 4.55. The SMILES string of the molecule is O=C1CCC(=O)OC(c2ccccn2)O1. The molecular formula is C10H9NO4. The van der Waals surface area contributed by atoms with Gasteiger partial charge in [-0.15, -0.1) is 0 Å². The summed E-state index contributed by atoms with van der Waals surface area (Å²) >= 11 is 0. The molecule has 0 aromatic carbocycles. The van der Waals surface area contributed by atoms with Crippen molar-refractivity contribution < 1.29 is 19.1 Å². The smallest absolute Gasteiger partial charge is 0.309 e. The van der Waals surface area contributed by atoms with Gasteiger partial charge in [0.25, 0.3) is 6.29 Å². The predicted molar refractivity (Wildman–Crippen MR) is 48.4 cm³/mol. The van der Waals surface area contributed by atoms with Gasteiger partial charge in [-0.3, -0.25) is 14.6 Å². The van der Waals surface area contributed by atoms with E-state index in [0.717, 1.165) is 0 Å². The molecule has 0 radical (unpaired) electrons. The van der Waals surface area contributed by atoms with Crippen LogP contribution in [0.2, 0.25) is 0 Å². The molecule has 1 aliphatic rings. The standard InChI is InChI=1S/C10H9NO4/c12-8-4-5-9(13)15-10(14-8)7-3-1-2-6-11-7/h1-3,6,10H,4-5H2. The van der Waals surface area contributed by atoms with Crippen LogP contribution in [0, 0.1) is 0 Å². The lowest BCUT2D eigenvalue weighted by molar-refractivity contribution is -0.182. The van der Waals surface area contributed by atoms with E-state index >= 15 is 0 Å². The summed E-state index contributed by atoms with van der Waals surface area (Å²) in [6, 6.07) is 5.09. The van der Waals surface area contributed by atoms with E-state index in [1.54, 1.807) is 24.4 Å². The second-order valence-corrected chi connectivity index (χ2v) is 3.07. The molecule has 78 valence electrons. The van der Waals surface area contributed by atoms with Crippen LogP contribution in [0.1, 0.15) is 24.8 Å². The van der Waals surface area contributed by atoms with E-state index in [9.17, 15) is 9.59 Å². The van der Waals surface area contributed by atoms with Gasteiger partial charge < -0.3 is 9.47 Å². The van der Waals surface area contributed by atoms with Crippen molar-refractivity contribution in [1.29, 1.82) is 0 Å². The Morgan fingerprint density at radius 3 is 2.33 bits per heavy atom. The molecule has 2 heterocycles. The van der Waals surface area contributed by atoms with Gasteiger partial charge in [-0.1, -0.05) is 6.07 Å². The molecule has 2 rings (SSSR count). The molecule has 5 heteroatoms. The maximum absolute atomic E-state index is 11.1. The van der Waals surface area contributed by atoms with Gasteiger partial charge >= 0.3 is 11.9 Å². The summed E-state index contributed by atoms with van der Waals surface area (Å²) in [7, 11) is 0. The zero-order valence-electron chi connectivity index (χ0n) is 7.88. The highest BCUT2D eigenvalue weighted by Gasteiger charge is 2.26. The predicted octanol–water partition coefficient (Wildman–Crippen LogP) is 0.960. The lowest BCUT2D eigenvalue weighted by atomic mass is 10.3. The number of pyridine rings is 1. The molecule has 1 aliphatic heterocycles. The van der Waals surface area contributed by atoms with Crippen LogP contribution in [0.4, 0.5) is 0 Å². The largest absolute Gasteiger partial charge is 0.419 e. The molecule has 0 aliphatic carbocycles. The lowest BCUT2D eigenvalue weighted by Crippen LogP contribution is -2.13. The summed E-state index contributed by atoms with van der Waals surface area (Å²) in [5.41, 5.74) is 0.418. The first-order valence-corrected chi connectivity index (χ1v) is 4.55. The molecule has 0 unspecified atom stereocenters. The summed E-state index contributed by atoms with van der Waals surface area (Å²) in [6.07, 6.45) is 0.653. The number of cyclic esters (lactones) is 2. The maximum atomic E-state index is 11.1. The highest BCUT2D eigenvalue weighted by Crippen LogP contribution is 2.21. The minimum Gasteiger partial charge on any atom is -0.419 e. The number of carbonyl (C=O) groups is 2. The molecule has 0 atom stereocenters. The van der Waals surface area contributed by atoms with Gasteiger partial charge in [-0.05, 0) is 12.1 Å². The van der Waals surface area contributed by atoms with Crippen LogP contribution in [0.5, 0.6) is 0 Å². The molecule has 0 amide bonds. The Bertz CT molecular complexity index is 358. The van der Waals surface area contributed by atoms with Gasteiger partial charge in [0.15, 0.2) is 0 Å². The summed E-state index contributed by atoms with van der Waals surface area (Å²) in [5, 5.41) is 0. The summed E-state index contributed by atoms with van der Waals surface area (Å²) in [6.45, 7) is 0. The number of hydrogen-bond acceptors (Lipinski definition) is 5. The van der Waals surface area contributed by atoms with Crippen LogP contribution in [0.15, 0.2) is 24.4 Å². The molecule has 5 nitrogen and oxygen atoms in total. The van der Waals surface area contributed by atoms with Gasteiger partial charge in [-0.25, -0.2) is 0 Å². The Labute approximate surface area is 86.0 Å². The number of ether oxygens (including phenoxy) is 2. The Morgan fingerprint density at radius 2 is 1.80 bits per heavy atom. The van der Waals surface area contributed by atoms with Crippen LogP contribution in [-0.2, 0) is 19.1 Å². The highest BCUT2D eigenvalue weighted by atomic mass is 16.7. The van der Waals surface area contributed by atoms with Gasteiger partial charge in [0, 0.05) is 6.20 Å². The Hall–Kier alpha value is -1.91. The van der Waals surface area contributed by atoms with Crippen molar-refractivity contribution in [2.24, 2.45) is 0 Å². The number of carbonyl (C=O) groups excluding carboxylic acids is 2. The van der Waals surface area contributed by atoms with Crippen molar-refractivity contribution in [3.8, 4) is 0 Å². The molecule has 1 fully saturated rings. The van der Waals surface area contributed by atoms with Crippen LogP contribution >= 0.6 is 0 Å². The van der Waals surface area contributed by atoms with E-state index in [1.807, 2.05) is 0 Å². The summed E-state index contributed by atoms with van der Waals surface area (Å²) < 4.78 is 9.85. The van der Waals surface area contributed by atoms with E-state index in [2.05, 4.69) is 4.98 Å². The zero-order valence-corrected chi connectivity index (χ0v) is 7.88. The third kappa shape index (κ3) is 2.31. The summed E-state index contributed by atoms with van der Waals surface area (Å²) in [4.78, 5) is 26.2. The van der Waals surface area contributed by atoms with Crippen LogP contribution in [0.3, 0.4) is 0 Å². The first-order chi connectivity index (χ1) is 7.25. The third-order valence-electron chi connectivity index (χ3n) is 1.94. The molecule has 1 aromatic rings. The van der Waals surface area contributed by atoms with E-state index in [0.29, 0.717) is 5.69 Å². The fraction of sp³-hybridized carbons (Fsp3) is 0.300. The quantitative estimate of drug-likeness (QED) is 0.641. The minimum atomic E-state index is -1.01. The topological polar surface area (TPSA) is 65.5 Å². The summed E-state index contributed by atoms with van der Waals surface area (Å²) in [5.74, 6) is -0.895. The molecule has 1 aromatic heterocycles. The van der Waals surface area contributed by atoms with Crippen molar-refractivity contribution in [2.45, 2.75) is 19.1 Å². The first kappa shape index (κ1) is 9.64. The zero-order chi connectivity index (χ0) is 10.7. The monoisotopic (exact) mass is 207 g/mol. The van der Waals surface area contributed by atoms with Gasteiger partial charge in [0.05, 0.1) is 12.8 Å². The average Bonchev–Trinajstić information content (AvgIpc) is 2.42. The molecule has 0 saturated carbocycles. The lowest BCUT2D eigenvalue weighted by Gasteiger charge is -2.13. The molecule has 0 spiro atoms. The van der Waals surface area contributed by atoms with Gasteiger partial charge in [0.2, 0.25) is 0 Å². The molecule has 0 bridgehead atoms. The second kappa shape index (κ2) is 4.08. The van der Waals surface area contributed by atoms with Gasteiger partial charge in [-0.2, -0.15) is 0 Å². The third-order valence-corrected chi connectivity index (χ3v) is 1.94. The molecular weight excluding hydrogens is 198 g/mol. The molecule has 0 N–H and O–H groups in total. The highest BCUT2D eigenvalue weighted by molar-refractivity contribution is 5.79. The van der Waals surface area contributed by atoms with E-state index in [-0.39, 0.29) is 12.8 Å². The Kier molecular flexibility index (Phi) is 2.62. The van der Waals surface area contributed by atoms with Crippen LogP contribution in [0.25, 0.3) is 0 Å². The maximum Gasteiger partial charge on any atom is 0.309 e. The van der Waals surface area contributed by atoms with Crippen molar-refractivity contribution >= 4 is 11.9 Å². The van der Waals surface area contributed by atoms with Crippen LogP contribution in [-0.4, -0.2) is 16.9 Å². The van der Waals surface area contributed by atoms with Crippen molar-refractivity contribution in [2.75, 3.05) is 0 Å². The van der Waals surface area contributed by atoms with Gasteiger partial charge in [0.1, 0.15) is 5.69 Å². The van der Waals surface area contributed by atoms with Crippen molar-refractivity contribution in [1.82, 2.24) is 4.98 Å². The average molecular weight is 207 g/mol. The Balaban J connectivity index is 2.20. The fourth-order valence-electron chi connectivity index (χ4n) is 1.22. The normalized spacial score (nSPS) is 17.9. The number of nitrogens with zero attached hydrogens (tertiary/aromatic N) is 1. The number of esters is 2. The number of aromatic nitrogens is 1. The minimum absolute atomic E-state index is 0.0577. The second-order valence-electron chi connectivity index (χ2n) is 3.07. The van der Waals surface area contributed by atoms with Crippen molar-refractivity contribution in [3.05, 3.63) is 30.1 Å². The van der Waals surface area contributed by atoms with Crippen LogP contribution < -0.4 is 0 Å². The molecule has 1 saturated heterocycles. The fourth-order valence-corrected chi connectivity index (χ4v) is 1.22. The van der Waals surface area contributed by atoms with Crippen molar-refractivity contribution in [3.63, 3.8) is 0 Å². The van der Waals surface area contributed by atoms with E-state index in [1.165, 1.54) is 0 Å².